The second-order valence-corrected chi connectivity index (χ2v) is 4.84. The highest BCUT2D eigenvalue weighted by Gasteiger charge is 2.13. The van der Waals surface area contributed by atoms with E-state index >= 15 is 0 Å². The number of hydrogen-bond acceptors (Lipinski definition) is 3. The van der Waals surface area contributed by atoms with Crippen LogP contribution in [0.5, 0.6) is 5.75 Å². The molecule has 19 heavy (non-hydrogen) atoms. The first-order valence-electron chi connectivity index (χ1n) is 6.71. The molecule has 0 radical (unpaired) electrons. The molecule has 0 aliphatic heterocycles. The van der Waals surface area contributed by atoms with Gasteiger partial charge in [-0.2, -0.15) is 0 Å². The number of nitrogens with zero attached hydrogens (tertiary/aromatic N) is 1. The molecule has 0 fully saturated rings. The smallest absolute Gasteiger partial charge is 0.253 e. The average Bonchev–Trinajstić information content (AvgIpc) is 2.42. The van der Waals surface area contributed by atoms with Crippen LogP contribution in [0.25, 0.3) is 0 Å². The van der Waals surface area contributed by atoms with Crippen molar-refractivity contribution < 1.29 is 14.6 Å². The Labute approximate surface area is 115 Å². The number of carbonyl (C=O) groups excluding carboxylic acids is 1. The summed E-state index contributed by atoms with van der Waals surface area (Å²) < 4.78 is 5.57. The third kappa shape index (κ3) is 4.91. The van der Waals surface area contributed by atoms with Gasteiger partial charge in [-0.25, -0.2) is 0 Å². The van der Waals surface area contributed by atoms with Gasteiger partial charge in [0.2, 0.25) is 0 Å². The van der Waals surface area contributed by atoms with Gasteiger partial charge in [0.1, 0.15) is 5.75 Å². The maximum atomic E-state index is 12.1. The van der Waals surface area contributed by atoms with Gasteiger partial charge in [-0.15, -0.1) is 0 Å². The minimum absolute atomic E-state index is 0.0187. The first-order valence-corrected chi connectivity index (χ1v) is 6.71. The number of benzene rings is 1. The molecule has 106 valence electrons. The van der Waals surface area contributed by atoms with Gasteiger partial charge in [-0.05, 0) is 37.1 Å². The van der Waals surface area contributed by atoms with Crippen LogP contribution in [0.4, 0.5) is 0 Å². The minimum atomic E-state index is -0.0630. The largest absolute Gasteiger partial charge is 0.493 e. The highest BCUT2D eigenvalue weighted by molar-refractivity contribution is 5.94. The van der Waals surface area contributed by atoms with Crippen molar-refractivity contribution >= 4 is 5.91 Å². The molecule has 1 aromatic carbocycles. The lowest BCUT2D eigenvalue weighted by atomic mass is 10.2. The molecule has 0 atom stereocenters. The number of aliphatic hydroxyl groups is 1. The van der Waals surface area contributed by atoms with E-state index in [0.717, 1.165) is 5.75 Å². The molecule has 0 heterocycles. The predicted octanol–water partition coefficient (Wildman–Crippen LogP) is 2.18. The second-order valence-electron chi connectivity index (χ2n) is 4.84. The molecule has 0 bridgehead atoms. The molecule has 4 heteroatoms. The molecule has 0 aliphatic carbocycles. The van der Waals surface area contributed by atoms with Crippen LogP contribution in [0.2, 0.25) is 0 Å². The lowest BCUT2D eigenvalue weighted by Crippen LogP contribution is -2.33. The van der Waals surface area contributed by atoms with Gasteiger partial charge in [0, 0.05) is 18.7 Å². The summed E-state index contributed by atoms with van der Waals surface area (Å²) in [5.74, 6) is 1.18. The molecule has 0 saturated carbocycles. The normalized spacial score (nSPS) is 10.6. The van der Waals surface area contributed by atoms with Crippen LogP contribution in [0, 0.1) is 5.92 Å². The number of carbonyl (C=O) groups is 1. The Balaban J connectivity index is 2.66. The van der Waals surface area contributed by atoms with Gasteiger partial charge < -0.3 is 14.7 Å². The summed E-state index contributed by atoms with van der Waals surface area (Å²) in [6, 6.07) is 7.14. The van der Waals surface area contributed by atoms with Gasteiger partial charge in [-0.1, -0.05) is 13.8 Å². The highest BCUT2D eigenvalue weighted by Crippen LogP contribution is 2.14. The lowest BCUT2D eigenvalue weighted by Gasteiger charge is -2.19. The van der Waals surface area contributed by atoms with E-state index in [9.17, 15) is 4.79 Å². The first-order chi connectivity index (χ1) is 9.08. The van der Waals surface area contributed by atoms with Gasteiger partial charge in [0.15, 0.2) is 0 Å². The van der Waals surface area contributed by atoms with E-state index < -0.39 is 0 Å². The standard InChI is InChI=1S/C15H23NO3/c1-4-16(9-10-17)15(18)13-5-7-14(8-6-13)19-11-12(2)3/h5-8,12,17H,4,9-11H2,1-3H3. The molecule has 0 saturated heterocycles. The molecule has 1 aromatic rings. The summed E-state index contributed by atoms with van der Waals surface area (Å²) in [5, 5.41) is 8.92. The molecule has 0 unspecified atom stereocenters. The van der Waals surface area contributed by atoms with Crippen LogP contribution in [0.3, 0.4) is 0 Å². The summed E-state index contributed by atoms with van der Waals surface area (Å²) >= 11 is 0. The van der Waals surface area contributed by atoms with Crippen molar-refractivity contribution in [2.75, 3.05) is 26.3 Å². The van der Waals surface area contributed by atoms with Crippen LogP contribution in [-0.4, -0.2) is 42.2 Å². The van der Waals surface area contributed by atoms with Gasteiger partial charge in [-0.3, -0.25) is 4.79 Å². The van der Waals surface area contributed by atoms with E-state index in [-0.39, 0.29) is 12.5 Å². The van der Waals surface area contributed by atoms with Crippen LogP contribution >= 0.6 is 0 Å². The molecule has 0 spiro atoms. The van der Waals surface area contributed by atoms with Crippen LogP contribution in [0.1, 0.15) is 31.1 Å². The van der Waals surface area contributed by atoms with Crippen LogP contribution in [0.15, 0.2) is 24.3 Å². The van der Waals surface area contributed by atoms with Crippen molar-refractivity contribution in [3.8, 4) is 5.75 Å². The van der Waals surface area contributed by atoms with Crippen molar-refractivity contribution in [2.24, 2.45) is 5.92 Å². The highest BCUT2D eigenvalue weighted by atomic mass is 16.5. The van der Waals surface area contributed by atoms with Gasteiger partial charge in [0.05, 0.1) is 13.2 Å². The fourth-order valence-electron chi connectivity index (χ4n) is 1.66. The summed E-state index contributed by atoms with van der Waals surface area (Å²) in [7, 11) is 0. The zero-order valence-corrected chi connectivity index (χ0v) is 11.9. The molecule has 1 amide bonds. The van der Waals surface area contributed by atoms with Gasteiger partial charge in [0.25, 0.3) is 5.91 Å². The van der Waals surface area contributed by atoms with Crippen molar-refractivity contribution in [3.05, 3.63) is 29.8 Å². The Morgan fingerprint density at radius 1 is 1.32 bits per heavy atom. The quantitative estimate of drug-likeness (QED) is 0.822. The van der Waals surface area contributed by atoms with E-state index in [1.807, 2.05) is 19.1 Å². The molecular weight excluding hydrogens is 242 g/mol. The van der Waals surface area contributed by atoms with Crippen LogP contribution < -0.4 is 4.74 Å². The number of amides is 1. The van der Waals surface area contributed by atoms with E-state index in [1.165, 1.54) is 0 Å². The summed E-state index contributed by atoms with van der Waals surface area (Å²) in [4.78, 5) is 13.7. The van der Waals surface area contributed by atoms with E-state index in [0.29, 0.717) is 31.2 Å². The summed E-state index contributed by atoms with van der Waals surface area (Å²) in [6.45, 7) is 7.67. The van der Waals surface area contributed by atoms with E-state index in [2.05, 4.69) is 13.8 Å². The SMILES string of the molecule is CCN(CCO)C(=O)c1ccc(OCC(C)C)cc1. The molecule has 0 aliphatic rings. The number of aliphatic hydroxyl groups excluding tert-OH is 1. The second kappa shape index (κ2) is 7.79. The Hall–Kier alpha value is -1.55. The third-order valence-electron chi connectivity index (χ3n) is 2.72. The minimum Gasteiger partial charge on any atom is -0.493 e. The topological polar surface area (TPSA) is 49.8 Å². The van der Waals surface area contributed by atoms with Crippen molar-refractivity contribution in [1.82, 2.24) is 4.90 Å². The Morgan fingerprint density at radius 2 is 1.95 bits per heavy atom. The maximum Gasteiger partial charge on any atom is 0.253 e. The fourth-order valence-corrected chi connectivity index (χ4v) is 1.66. The third-order valence-corrected chi connectivity index (χ3v) is 2.72. The van der Waals surface area contributed by atoms with E-state index in [1.54, 1.807) is 17.0 Å². The molecule has 1 N–H and O–H groups in total. The summed E-state index contributed by atoms with van der Waals surface area (Å²) in [6.07, 6.45) is 0. The zero-order valence-electron chi connectivity index (χ0n) is 11.9. The monoisotopic (exact) mass is 265 g/mol. The Kier molecular flexibility index (Phi) is 6.36. The molecule has 0 aromatic heterocycles. The Bertz CT molecular complexity index is 387. The predicted molar refractivity (Wildman–Crippen MR) is 75.4 cm³/mol. The maximum absolute atomic E-state index is 12.1. The Morgan fingerprint density at radius 3 is 2.42 bits per heavy atom. The van der Waals surface area contributed by atoms with Crippen molar-refractivity contribution in [2.45, 2.75) is 20.8 Å². The average molecular weight is 265 g/mol. The number of ether oxygens (including phenoxy) is 1. The summed E-state index contributed by atoms with van der Waals surface area (Å²) in [5.41, 5.74) is 0.618. The number of rotatable bonds is 7. The lowest BCUT2D eigenvalue weighted by molar-refractivity contribution is 0.0732. The fraction of sp³-hybridized carbons (Fsp3) is 0.533. The molecule has 4 nitrogen and oxygen atoms in total. The molecular formula is C15H23NO3. The molecule has 1 rings (SSSR count). The van der Waals surface area contributed by atoms with Crippen LogP contribution in [-0.2, 0) is 0 Å². The van der Waals surface area contributed by atoms with Gasteiger partial charge >= 0.3 is 0 Å². The van der Waals surface area contributed by atoms with Crippen molar-refractivity contribution in [3.63, 3.8) is 0 Å². The van der Waals surface area contributed by atoms with E-state index in [4.69, 9.17) is 9.84 Å². The zero-order chi connectivity index (χ0) is 14.3. The van der Waals surface area contributed by atoms with Crippen molar-refractivity contribution in [1.29, 1.82) is 0 Å². The first kappa shape index (κ1) is 15.5. The number of likely N-dealkylation sites (N-methyl/N-ethyl adjacent to an activating group) is 1. The number of hydrogen-bond donors (Lipinski definition) is 1.